The van der Waals surface area contributed by atoms with Gasteiger partial charge in [-0.2, -0.15) is 0 Å². The lowest BCUT2D eigenvalue weighted by Gasteiger charge is -2.22. The van der Waals surface area contributed by atoms with E-state index in [1.807, 2.05) is 53.4 Å². The molecule has 4 rings (SSSR count). The molecule has 4 nitrogen and oxygen atoms in total. The van der Waals surface area contributed by atoms with Crippen molar-refractivity contribution in [1.82, 2.24) is 4.90 Å². The molecule has 0 bridgehead atoms. The van der Waals surface area contributed by atoms with Gasteiger partial charge in [0, 0.05) is 30.6 Å². The van der Waals surface area contributed by atoms with Gasteiger partial charge in [0.1, 0.15) is 12.4 Å². The van der Waals surface area contributed by atoms with Crippen molar-refractivity contribution in [3.63, 3.8) is 0 Å². The van der Waals surface area contributed by atoms with E-state index in [0.717, 1.165) is 11.3 Å². The molecule has 122 valence electrons. The second-order valence-corrected chi connectivity index (χ2v) is 6.39. The Morgan fingerprint density at radius 3 is 2.62 bits per heavy atom. The summed E-state index contributed by atoms with van der Waals surface area (Å²) in [4.78, 5) is 14.7. The third-order valence-corrected chi connectivity index (χ3v) is 4.79. The number of amides is 1. The quantitative estimate of drug-likeness (QED) is 0.924. The zero-order valence-electron chi connectivity index (χ0n) is 13.4. The van der Waals surface area contributed by atoms with Gasteiger partial charge in [-0.25, -0.2) is 0 Å². The molecule has 4 heteroatoms. The monoisotopic (exact) mass is 320 g/mol. The average molecular weight is 320 g/mol. The Hall–Kier alpha value is -2.59. The fraction of sp³-hybridized carbons (Fsp3) is 0.250. The number of nitrogens with zero attached hydrogens (tertiary/aromatic N) is 1. The van der Waals surface area contributed by atoms with Crippen molar-refractivity contribution in [3.05, 3.63) is 71.3 Å². The summed E-state index contributed by atoms with van der Waals surface area (Å²) < 4.78 is 5.71. The van der Waals surface area contributed by atoms with Crippen LogP contribution in [0.1, 0.15) is 17.0 Å². The fourth-order valence-electron chi connectivity index (χ4n) is 3.49. The van der Waals surface area contributed by atoms with Crippen LogP contribution in [0.15, 0.2) is 60.2 Å². The smallest absolute Gasteiger partial charge is 0.253 e. The van der Waals surface area contributed by atoms with Gasteiger partial charge in [0.2, 0.25) is 0 Å². The van der Waals surface area contributed by atoms with Gasteiger partial charge >= 0.3 is 0 Å². The lowest BCUT2D eigenvalue weighted by atomic mass is 9.95. The van der Waals surface area contributed by atoms with Crippen molar-refractivity contribution in [2.24, 2.45) is 5.73 Å². The fourth-order valence-corrected chi connectivity index (χ4v) is 3.49. The number of ether oxygens (including phenoxy) is 1. The summed E-state index contributed by atoms with van der Waals surface area (Å²) in [6, 6.07) is 17.9. The largest absolute Gasteiger partial charge is 0.488 e. The molecular weight excluding hydrogens is 300 g/mol. The third kappa shape index (κ3) is 2.69. The molecule has 2 atom stereocenters. The molecule has 24 heavy (non-hydrogen) atoms. The normalized spacial score (nSPS) is 22.5. The van der Waals surface area contributed by atoms with Crippen molar-refractivity contribution in [1.29, 1.82) is 0 Å². The predicted molar refractivity (Wildman–Crippen MR) is 93.7 cm³/mol. The molecule has 2 N–H and O–H groups in total. The summed E-state index contributed by atoms with van der Waals surface area (Å²) in [5.41, 5.74) is 9.14. The molecule has 2 aromatic carbocycles. The van der Waals surface area contributed by atoms with Crippen LogP contribution < -0.4 is 10.5 Å². The molecule has 1 saturated heterocycles. The van der Waals surface area contributed by atoms with E-state index >= 15 is 0 Å². The first-order chi connectivity index (χ1) is 11.7. The maximum Gasteiger partial charge on any atom is 0.253 e. The number of hydrogen-bond acceptors (Lipinski definition) is 3. The van der Waals surface area contributed by atoms with E-state index in [9.17, 15) is 4.79 Å². The van der Waals surface area contributed by atoms with Gasteiger partial charge in [0.25, 0.3) is 5.91 Å². The maximum atomic E-state index is 12.9. The van der Waals surface area contributed by atoms with Crippen LogP contribution in [0.4, 0.5) is 0 Å². The number of rotatable bonds is 2. The standard InChI is InChI=1S/C20H20N2O2/c21-18-12-22(11-17(18)14-6-2-1-3-7-14)20(23)16-10-15-8-4-5-9-19(15)24-13-16/h1-10,17-18H,11-13,21H2/t17-,18+/m0/s1. The summed E-state index contributed by atoms with van der Waals surface area (Å²) in [5, 5.41) is 0. The summed E-state index contributed by atoms with van der Waals surface area (Å²) in [6.07, 6.45) is 1.93. The summed E-state index contributed by atoms with van der Waals surface area (Å²) in [6.45, 7) is 1.55. The highest BCUT2D eigenvalue weighted by atomic mass is 16.5. The summed E-state index contributed by atoms with van der Waals surface area (Å²) in [5.74, 6) is 1.04. The minimum absolute atomic E-state index is 0.0263. The Bertz CT molecular complexity index is 785. The molecule has 0 unspecified atom stereocenters. The third-order valence-electron chi connectivity index (χ3n) is 4.79. The van der Waals surface area contributed by atoms with Crippen LogP contribution in [0.5, 0.6) is 5.75 Å². The van der Waals surface area contributed by atoms with Crippen LogP contribution in [0.3, 0.4) is 0 Å². The average Bonchev–Trinajstić information content (AvgIpc) is 3.03. The predicted octanol–water partition coefficient (Wildman–Crippen LogP) is 2.42. The molecule has 0 aromatic heterocycles. The molecule has 1 fully saturated rings. The minimum Gasteiger partial charge on any atom is -0.488 e. The van der Waals surface area contributed by atoms with Crippen molar-refractivity contribution in [2.75, 3.05) is 19.7 Å². The highest BCUT2D eigenvalue weighted by Gasteiger charge is 2.35. The Morgan fingerprint density at radius 1 is 1.04 bits per heavy atom. The number of hydrogen-bond donors (Lipinski definition) is 1. The van der Waals surface area contributed by atoms with Crippen LogP contribution in [-0.2, 0) is 4.79 Å². The van der Waals surface area contributed by atoms with E-state index in [4.69, 9.17) is 10.5 Å². The summed E-state index contributed by atoms with van der Waals surface area (Å²) in [7, 11) is 0. The molecule has 0 aliphatic carbocycles. The van der Waals surface area contributed by atoms with E-state index in [0.29, 0.717) is 25.3 Å². The zero-order chi connectivity index (χ0) is 16.5. The number of carbonyl (C=O) groups excluding carboxylic acids is 1. The number of carbonyl (C=O) groups is 1. The van der Waals surface area contributed by atoms with Gasteiger partial charge in [0.15, 0.2) is 0 Å². The topological polar surface area (TPSA) is 55.6 Å². The number of fused-ring (bicyclic) bond motifs is 1. The van der Waals surface area contributed by atoms with Crippen molar-refractivity contribution in [2.45, 2.75) is 12.0 Å². The lowest BCUT2D eigenvalue weighted by molar-refractivity contribution is -0.126. The van der Waals surface area contributed by atoms with Gasteiger partial charge in [-0.1, -0.05) is 48.5 Å². The minimum atomic E-state index is -0.0336. The Morgan fingerprint density at radius 2 is 1.79 bits per heavy atom. The van der Waals surface area contributed by atoms with Crippen molar-refractivity contribution >= 4 is 12.0 Å². The molecular formula is C20H20N2O2. The number of nitrogens with two attached hydrogens (primary N) is 1. The summed E-state index contributed by atoms with van der Waals surface area (Å²) >= 11 is 0. The molecule has 2 aromatic rings. The molecule has 0 radical (unpaired) electrons. The SMILES string of the molecule is N[C@@H]1CN(C(=O)C2=Cc3ccccc3OC2)C[C@H]1c1ccccc1. The Labute approximate surface area is 141 Å². The van der Waals surface area contributed by atoms with E-state index in [1.54, 1.807) is 0 Å². The molecule has 1 amide bonds. The first kappa shape index (κ1) is 15.0. The van der Waals surface area contributed by atoms with Gasteiger partial charge in [-0.15, -0.1) is 0 Å². The maximum absolute atomic E-state index is 12.9. The molecule has 2 aliphatic rings. The van der Waals surface area contributed by atoms with Crippen LogP contribution >= 0.6 is 0 Å². The van der Waals surface area contributed by atoms with Crippen LogP contribution in [-0.4, -0.2) is 36.5 Å². The van der Waals surface area contributed by atoms with E-state index in [-0.39, 0.29) is 17.9 Å². The van der Waals surface area contributed by atoms with E-state index in [1.165, 1.54) is 5.56 Å². The van der Waals surface area contributed by atoms with Crippen LogP contribution in [0.25, 0.3) is 6.08 Å². The highest BCUT2D eigenvalue weighted by Crippen LogP contribution is 2.30. The van der Waals surface area contributed by atoms with Gasteiger partial charge < -0.3 is 15.4 Å². The second-order valence-electron chi connectivity index (χ2n) is 6.39. The molecule has 0 saturated carbocycles. The zero-order valence-corrected chi connectivity index (χ0v) is 13.4. The van der Waals surface area contributed by atoms with E-state index < -0.39 is 0 Å². The molecule has 2 heterocycles. The highest BCUT2D eigenvalue weighted by molar-refractivity contribution is 5.99. The van der Waals surface area contributed by atoms with Gasteiger partial charge in [-0.05, 0) is 17.7 Å². The molecule has 0 spiro atoms. The van der Waals surface area contributed by atoms with E-state index in [2.05, 4.69) is 12.1 Å². The van der Waals surface area contributed by atoms with Gasteiger partial charge in [-0.3, -0.25) is 4.79 Å². The number of para-hydroxylation sites is 1. The molecule has 2 aliphatic heterocycles. The van der Waals surface area contributed by atoms with Crippen LogP contribution in [0.2, 0.25) is 0 Å². The second kappa shape index (κ2) is 6.13. The number of benzene rings is 2. The van der Waals surface area contributed by atoms with Crippen molar-refractivity contribution < 1.29 is 9.53 Å². The number of likely N-dealkylation sites (tertiary alicyclic amines) is 1. The first-order valence-electron chi connectivity index (χ1n) is 8.24. The Kier molecular flexibility index (Phi) is 3.82. The Balaban J connectivity index is 1.53. The van der Waals surface area contributed by atoms with Gasteiger partial charge in [0.05, 0.1) is 5.57 Å². The first-order valence-corrected chi connectivity index (χ1v) is 8.24. The van der Waals surface area contributed by atoms with Crippen molar-refractivity contribution in [3.8, 4) is 5.75 Å². The lowest BCUT2D eigenvalue weighted by Crippen LogP contribution is -2.34. The van der Waals surface area contributed by atoms with Crippen LogP contribution in [0, 0.1) is 0 Å².